The van der Waals surface area contributed by atoms with Crippen molar-refractivity contribution in [3.8, 4) is 6.07 Å². The molecule has 0 saturated carbocycles. The van der Waals surface area contributed by atoms with Crippen molar-refractivity contribution in [1.29, 1.82) is 5.26 Å². The summed E-state index contributed by atoms with van der Waals surface area (Å²) < 4.78 is 9.02. The van der Waals surface area contributed by atoms with Gasteiger partial charge < -0.3 is 9.84 Å². The molecule has 5 nitrogen and oxygen atoms in total. The number of nitrogens with zero attached hydrogens (tertiary/aromatic N) is 3. The van der Waals surface area contributed by atoms with Crippen LogP contribution >= 0.6 is 11.5 Å². The molecule has 0 amide bonds. The molecular weight excluding hydrogens is 212 g/mol. The predicted molar refractivity (Wildman–Crippen MR) is 55.4 cm³/mol. The Morgan fingerprint density at radius 1 is 1.67 bits per heavy atom. The summed E-state index contributed by atoms with van der Waals surface area (Å²) in [7, 11) is 0. The second-order valence-electron chi connectivity index (χ2n) is 2.92. The number of aromatic nitrogens is 2. The van der Waals surface area contributed by atoms with Crippen molar-refractivity contribution in [3.05, 3.63) is 29.3 Å². The highest BCUT2D eigenvalue weighted by molar-refractivity contribution is 7.10. The van der Waals surface area contributed by atoms with Gasteiger partial charge in [-0.2, -0.15) is 9.64 Å². The monoisotopic (exact) mass is 220 g/mol. The van der Waals surface area contributed by atoms with Crippen molar-refractivity contribution in [1.82, 2.24) is 9.53 Å². The van der Waals surface area contributed by atoms with Crippen LogP contribution in [0.4, 0.5) is 5.00 Å². The maximum Gasteiger partial charge on any atom is 0.155 e. The number of hydrogen-bond donors (Lipinski definition) is 1. The van der Waals surface area contributed by atoms with Crippen LogP contribution in [0, 0.1) is 18.3 Å². The van der Waals surface area contributed by atoms with Crippen LogP contribution in [-0.2, 0) is 6.54 Å². The van der Waals surface area contributed by atoms with E-state index in [1.807, 2.05) is 6.92 Å². The van der Waals surface area contributed by atoms with Crippen LogP contribution < -0.4 is 5.32 Å². The van der Waals surface area contributed by atoms with Gasteiger partial charge in [0.25, 0.3) is 0 Å². The zero-order valence-corrected chi connectivity index (χ0v) is 8.84. The zero-order valence-electron chi connectivity index (χ0n) is 8.02. The molecule has 0 unspecified atom stereocenters. The molecule has 2 aromatic heterocycles. The summed E-state index contributed by atoms with van der Waals surface area (Å²) in [5, 5.41) is 16.3. The van der Waals surface area contributed by atoms with Crippen molar-refractivity contribution in [2.24, 2.45) is 0 Å². The van der Waals surface area contributed by atoms with E-state index >= 15 is 0 Å². The van der Waals surface area contributed by atoms with Crippen LogP contribution in [0.1, 0.15) is 17.0 Å². The van der Waals surface area contributed by atoms with E-state index in [0.29, 0.717) is 12.1 Å². The molecule has 2 aromatic rings. The van der Waals surface area contributed by atoms with Gasteiger partial charge in [0.05, 0.1) is 18.4 Å². The van der Waals surface area contributed by atoms with Gasteiger partial charge in [-0.25, -0.2) is 0 Å². The molecule has 0 aliphatic carbocycles. The van der Waals surface area contributed by atoms with Crippen molar-refractivity contribution in [3.63, 3.8) is 0 Å². The first-order valence-electron chi connectivity index (χ1n) is 4.31. The van der Waals surface area contributed by atoms with Gasteiger partial charge in [0.15, 0.2) is 5.76 Å². The van der Waals surface area contributed by atoms with E-state index in [9.17, 15) is 0 Å². The number of rotatable bonds is 3. The topological polar surface area (TPSA) is 74.7 Å². The highest BCUT2D eigenvalue weighted by atomic mass is 32.1. The maximum absolute atomic E-state index is 8.89. The second-order valence-corrected chi connectivity index (χ2v) is 3.69. The summed E-state index contributed by atoms with van der Waals surface area (Å²) in [5.74, 6) is 0.727. The van der Waals surface area contributed by atoms with Gasteiger partial charge in [0, 0.05) is 6.07 Å². The Morgan fingerprint density at radius 3 is 3.20 bits per heavy atom. The maximum atomic E-state index is 8.89. The van der Waals surface area contributed by atoms with Gasteiger partial charge in [-0.05, 0) is 18.5 Å². The summed E-state index contributed by atoms with van der Waals surface area (Å²) in [6.45, 7) is 2.32. The molecule has 15 heavy (non-hydrogen) atoms. The fraction of sp³-hybridized carbons (Fsp3) is 0.222. The number of anilines is 1. The van der Waals surface area contributed by atoms with Gasteiger partial charge in [-0.1, -0.05) is 5.16 Å². The quantitative estimate of drug-likeness (QED) is 0.855. The Bertz CT molecular complexity index is 483. The van der Waals surface area contributed by atoms with E-state index in [1.54, 1.807) is 12.3 Å². The third kappa shape index (κ3) is 1.97. The van der Waals surface area contributed by atoms with Crippen molar-refractivity contribution < 1.29 is 4.52 Å². The van der Waals surface area contributed by atoms with Crippen molar-refractivity contribution in [2.75, 3.05) is 5.32 Å². The molecule has 0 spiro atoms. The van der Waals surface area contributed by atoms with E-state index < -0.39 is 0 Å². The summed E-state index contributed by atoms with van der Waals surface area (Å²) in [4.78, 5) is 0. The molecule has 1 N–H and O–H groups in total. The molecule has 0 aliphatic rings. The highest BCUT2D eigenvalue weighted by Crippen LogP contribution is 2.23. The lowest BCUT2D eigenvalue weighted by molar-refractivity contribution is 0.388. The van der Waals surface area contributed by atoms with E-state index in [4.69, 9.17) is 9.78 Å². The minimum Gasteiger partial charge on any atom is -0.367 e. The Morgan fingerprint density at radius 2 is 2.53 bits per heavy atom. The fourth-order valence-corrected chi connectivity index (χ4v) is 1.86. The minimum absolute atomic E-state index is 0.510. The average Bonchev–Trinajstić information content (AvgIpc) is 2.84. The first-order valence-corrected chi connectivity index (χ1v) is 5.08. The summed E-state index contributed by atoms with van der Waals surface area (Å²) in [6.07, 6.45) is 1.58. The van der Waals surface area contributed by atoms with Gasteiger partial charge in [-0.15, -0.1) is 0 Å². The van der Waals surface area contributed by atoms with Crippen LogP contribution in [-0.4, -0.2) is 9.53 Å². The summed E-state index contributed by atoms with van der Waals surface area (Å²) in [5.41, 5.74) is 1.35. The molecule has 0 aliphatic heterocycles. The van der Waals surface area contributed by atoms with Gasteiger partial charge in [-0.3, -0.25) is 0 Å². The number of nitrogens with one attached hydrogen (secondary N) is 1. The van der Waals surface area contributed by atoms with E-state index in [-0.39, 0.29) is 0 Å². The van der Waals surface area contributed by atoms with Crippen LogP contribution in [0.15, 0.2) is 16.8 Å². The molecule has 0 bridgehead atoms. The zero-order chi connectivity index (χ0) is 10.7. The van der Waals surface area contributed by atoms with Gasteiger partial charge in [0.1, 0.15) is 16.6 Å². The first-order chi connectivity index (χ1) is 7.31. The Hall–Kier alpha value is -1.87. The van der Waals surface area contributed by atoms with Crippen LogP contribution in [0.25, 0.3) is 0 Å². The molecule has 0 aromatic carbocycles. The molecule has 0 atom stereocenters. The third-order valence-corrected chi connectivity index (χ3v) is 2.79. The van der Waals surface area contributed by atoms with Gasteiger partial charge >= 0.3 is 0 Å². The largest absolute Gasteiger partial charge is 0.367 e. The van der Waals surface area contributed by atoms with E-state index in [2.05, 4.69) is 20.9 Å². The third-order valence-electron chi connectivity index (χ3n) is 1.89. The molecule has 6 heteroatoms. The van der Waals surface area contributed by atoms with Gasteiger partial charge in [0.2, 0.25) is 0 Å². The number of hydrogen-bond acceptors (Lipinski definition) is 6. The van der Waals surface area contributed by atoms with Crippen LogP contribution in [0.5, 0.6) is 0 Å². The van der Waals surface area contributed by atoms with Crippen LogP contribution in [0.2, 0.25) is 0 Å². The van der Waals surface area contributed by atoms with E-state index in [1.165, 1.54) is 11.5 Å². The fourth-order valence-electron chi connectivity index (χ4n) is 1.12. The normalized spacial score (nSPS) is 9.87. The summed E-state index contributed by atoms with van der Waals surface area (Å²) >= 11 is 1.28. The lowest BCUT2D eigenvalue weighted by Crippen LogP contribution is -1.97. The molecule has 0 fully saturated rings. The summed E-state index contributed by atoms with van der Waals surface area (Å²) in [6, 6.07) is 3.88. The smallest absolute Gasteiger partial charge is 0.155 e. The molecule has 0 saturated heterocycles. The van der Waals surface area contributed by atoms with E-state index in [0.717, 1.165) is 16.5 Å². The minimum atomic E-state index is 0.510. The second kappa shape index (κ2) is 4.11. The lowest BCUT2D eigenvalue weighted by atomic mass is 10.3. The lowest BCUT2D eigenvalue weighted by Gasteiger charge is -1.99. The predicted octanol–water partition coefficient (Wildman–Crippen LogP) is 1.92. The van der Waals surface area contributed by atoms with Crippen LogP contribution in [0.3, 0.4) is 0 Å². The molecule has 2 heterocycles. The van der Waals surface area contributed by atoms with Crippen molar-refractivity contribution >= 4 is 16.5 Å². The molecule has 2 rings (SSSR count). The van der Waals surface area contributed by atoms with Crippen molar-refractivity contribution in [2.45, 2.75) is 13.5 Å². The SMILES string of the molecule is Cc1nsc(NCc2ccno2)c1C#N. The average molecular weight is 220 g/mol. The Kier molecular flexibility index (Phi) is 2.65. The molecule has 76 valence electrons. The molecule has 0 radical (unpaired) electrons. The number of aryl methyl sites for hydroxylation is 1. The Balaban J connectivity index is 2.09. The molecular formula is C9H8N4OS. The standard InChI is InChI=1S/C9H8N4OS/c1-6-8(4-10)9(15-13-6)11-5-7-2-3-12-14-7/h2-3,11H,5H2,1H3. The highest BCUT2D eigenvalue weighted by Gasteiger charge is 2.09. The first kappa shape index (κ1) is 9.68. The Labute approximate surface area is 90.5 Å². The number of nitriles is 1.